The van der Waals surface area contributed by atoms with Crippen LogP contribution >= 0.6 is 11.3 Å². The molecule has 2 aromatic rings. The maximum absolute atomic E-state index is 11.1. The van der Waals surface area contributed by atoms with Crippen LogP contribution in [0.3, 0.4) is 0 Å². The van der Waals surface area contributed by atoms with Gasteiger partial charge in [-0.2, -0.15) is 0 Å². The minimum Gasteiger partial charge on any atom is -0.481 e. The number of carbonyl (C=O) groups is 1. The molecule has 0 amide bonds. The van der Waals surface area contributed by atoms with Gasteiger partial charge in [0.2, 0.25) is 0 Å². The molecule has 0 aliphatic heterocycles. The fourth-order valence-electron chi connectivity index (χ4n) is 1.20. The van der Waals surface area contributed by atoms with E-state index in [1.165, 1.54) is 11.3 Å². The van der Waals surface area contributed by atoms with Gasteiger partial charge in [-0.05, 0) is 13.8 Å². The van der Waals surface area contributed by atoms with Crippen molar-refractivity contribution in [3.05, 3.63) is 29.7 Å². The minimum atomic E-state index is -0.989. The van der Waals surface area contributed by atoms with Gasteiger partial charge < -0.3 is 5.11 Å². The third kappa shape index (κ3) is 2.16. The van der Waals surface area contributed by atoms with Crippen molar-refractivity contribution in [2.24, 2.45) is 0 Å². The van der Waals surface area contributed by atoms with Crippen molar-refractivity contribution in [3.8, 4) is 10.7 Å². The molecule has 0 unspecified atom stereocenters. The predicted molar refractivity (Wildman–Crippen MR) is 63.8 cm³/mol. The van der Waals surface area contributed by atoms with Crippen molar-refractivity contribution < 1.29 is 9.90 Å². The van der Waals surface area contributed by atoms with Crippen LogP contribution in [0.15, 0.2) is 24.0 Å². The van der Waals surface area contributed by atoms with Crippen LogP contribution in [0.5, 0.6) is 0 Å². The molecule has 0 fully saturated rings. The highest BCUT2D eigenvalue weighted by Gasteiger charge is 2.32. The molecule has 0 aromatic carbocycles. The van der Waals surface area contributed by atoms with Crippen molar-refractivity contribution in [1.29, 1.82) is 0 Å². The van der Waals surface area contributed by atoms with Crippen LogP contribution in [0.1, 0.15) is 19.5 Å². The van der Waals surface area contributed by atoms with Crippen LogP contribution in [0.4, 0.5) is 0 Å². The van der Waals surface area contributed by atoms with Crippen molar-refractivity contribution in [1.82, 2.24) is 15.0 Å². The highest BCUT2D eigenvalue weighted by Crippen LogP contribution is 2.28. The molecule has 0 aliphatic rings. The number of rotatable bonds is 3. The van der Waals surface area contributed by atoms with E-state index in [9.17, 15) is 4.79 Å². The molecule has 0 bridgehead atoms. The highest BCUT2D eigenvalue weighted by molar-refractivity contribution is 7.13. The van der Waals surface area contributed by atoms with Crippen LogP contribution in [-0.2, 0) is 10.2 Å². The maximum Gasteiger partial charge on any atom is 0.315 e. The Labute approximate surface area is 102 Å². The molecule has 88 valence electrons. The van der Waals surface area contributed by atoms with E-state index in [2.05, 4.69) is 15.0 Å². The molecular weight excluding hydrogens is 238 g/mol. The lowest BCUT2D eigenvalue weighted by atomic mass is 9.90. The Morgan fingerprint density at radius 2 is 2.18 bits per heavy atom. The fraction of sp³-hybridized carbons (Fsp3) is 0.273. The molecular formula is C11H11N3O2S. The van der Waals surface area contributed by atoms with Crippen molar-refractivity contribution >= 4 is 17.3 Å². The molecule has 0 saturated heterocycles. The van der Waals surface area contributed by atoms with Gasteiger partial charge in [0.25, 0.3) is 0 Å². The van der Waals surface area contributed by atoms with E-state index in [4.69, 9.17) is 5.11 Å². The Kier molecular flexibility index (Phi) is 2.89. The zero-order valence-electron chi connectivity index (χ0n) is 9.41. The first-order valence-electron chi connectivity index (χ1n) is 4.97. The summed E-state index contributed by atoms with van der Waals surface area (Å²) in [7, 11) is 0. The van der Waals surface area contributed by atoms with E-state index in [0.717, 1.165) is 0 Å². The number of carboxylic acids is 1. The van der Waals surface area contributed by atoms with Crippen LogP contribution in [0.2, 0.25) is 0 Å². The van der Waals surface area contributed by atoms with Gasteiger partial charge in [-0.15, -0.1) is 11.3 Å². The number of nitrogens with zero attached hydrogens (tertiary/aromatic N) is 3. The molecule has 2 heterocycles. The van der Waals surface area contributed by atoms with Gasteiger partial charge in [0.1, 0.15) is 16.1 Å². The van der Waals surface area contributed by atoms with Gasteiger partial charge in [0.15, 0.2) is 0 Å². The molecule has 17 heavy (non-hydrogen) atoms. The third-order valence-corrected chi connectivity index (χ3v) is 3.33. The summed E-state index contributed by atoms with van der Waals surface area (Å²) in [4.78, 5) is 23.5. The SMILES string of the molecule is CC(C)(C(=O)O)c1csc(-c2cnccn2)n1. The second kappa shape index (κ2) is 4.21. The van der Waals surface area contributed by atoms with Gasteiger partial charge in [-0.3, -0.25) is 14.8 Å². The Hall–Kier alpha value is -1.82. The normalized spacial score (nSPS) is 11.4. The minimum absolute atomic E-state index is 0.538. The average molecular weight is 249 g/mol. The summed E-state index contributed by atoms with van der Waals surface area (Å²) in [5.74, 6) is -0.895. The van der Waals surface area contributed by atoms with Crippen molar-refractivity contribution in [2.45, 2.75) is 19.3 Å². The van der Waals surface area contributed by atoms with Gasteiger partial charge in [0.05, 0.1) is 11.9 Å². The zero-order valence-corrected chi connectivity index (χ0v) is 10.2. The second-order valence-electron chi connectivity index (χ2n) is 4.06. The number of hydrogen-bond donors (Lipinski definition) is 1. The van der Waals surface area contributed by atoms with Crippen LogP contribution in [0.25, 0.3) is 10.7 Å². The van der Waals surface area contributed by atoms with E-state index in [0.29, 0.717) is 16.4 Å². The molecule has 2 aromatic heterocycles. The lowest BCUT2D eigenvalue weighted by Crippen LogP contribution is -2.28. The first-order chi connectivity index (χ1) is 8.01. The Morgan fingerprint density at radius 1 is 1.41 bits per heavy atom. The number of hydrogen-bond acceptors (Lipinski definition) is 5. The smallest absolute Gasteiger partial charge is 0.315 e. The Balaban J connectivity index is 2.38. The van der Waals surface area contributed by atoms with E-state index in [1.54, 1.807) is 37.8 Å². The quantitative estimate of drug-likeness (QED) is 0.899. The standard InChI is InChI=1S/C11H11N3O2S/c1-11(2,10(15)16)8-6-17-9(14-8)7-5-12-3-4-13-7/h3-6H,1-2H3,(H,15,16). The first-order valence-corrected chi connectivity index (χ1v) is 5.85. The second-order valence-corrected chi connectivity index (χ2v) is 4.92. The van der Waals surface area contributed by atoms with E-state index < -0.39 is 11.4 Å². The zero-order chi connectivity index (χ0) is 12.5. The van der Waals surface area contributed by atoms with Gasteiger partial charge in [-0.25, -0.2) is 4.98 Å². The summed E-state index contributed by atoms with van der Waals surface area (Å²) < 4.78 is 0. The largest absolute Gasteiger partial charge is 0.481 e. The molecule has 2 rings (SSSR count). The van der Waals surface area contributed by atoms with E-state index >= 15 is 0 Å². The van der Waals surface area contributed by atoms with Crippen molar-refractivity contribution in [2.75, 3.05) is 0 Å². The molecule has 0 radical (unpaired) electrons. The van der Waals surface area contributed by atoms with E-state index in [-0.39, 0.29) is 0 Å². The molecule has 0 saturated carbocycles. The summed E-state index contributed by atoms with van der Waals surface area (Å²) >= 11 is 1.37. The van der Waals surface area contributed by atoms with E-state index in [1.807, 2.05) is 0 Å². The molecule has 1 N–H and O–H groups in total. The van der Waals surface area contributed by atoms with Gasteiger partial charge >= 0.3 is 5.97 Å². The van der Waals surface area contributed by atoms with Crippen molar-refractivity contribution in [3.63, 3.8) is 0 Å². The fourth-order valence-corrected chi connectivity index (χ4v) is 2.15. The number of aliphatic carboxylic acids is 1. The number of carboxylic acid groups (broad SMARTS) is 1. The number of aromatic nitrogens is 3. The highest BCUT2D eigenvalue weighted by atomic mass is 32.1. The van der Waals surface area contributed by atoms with Crippen LogP contribution < -0.4 is 0 Å². The van der Waals surface area contributed by atoms with Gasteiger partial charge in [0, 0.05) is 17.8 Å². The lowest BCUT2D eigenvalue weighted by molar-refractivity contribution is -0.142. The molecule has 0 spiro atoms. The summed E-state index contributed by atoms with van der Waals surface area (Å²) in [5.41, 5.74) is 0.206. The Bertz CT molecular complexity index is 537. The van der Waals surface area contributed by atoms with Crippen LogP contribution in [-0.4, -0.2) is 26.0 Å². The van der Waals surface area contributed by atoms with Crippen LogP contribution in [0, 0.1) is 0 Å². The summed E-state index contributed by atoms with van der Waals surface area (Å²) in [6.07, 6.45) is 4.77. The molecule has 0 aliphatic carbocycles. The summed E-state index contributed by atoms with van der Waals surface area (Å²) in [6.45, 7) is 3.26. The summed E-state index contributed by atoms with van der Waals surface area (Å²) in [5, 5.41) is 11.5. The molecule has 5 nitrogen and oxygen atoms in total. The molecule has 6 heteroatoms. The maximum atomic E-state index is 11.1. The lowest BCUT2D eigenvalue weighted by Gasteiger charge is -2.15. The summed E-state index contributed by atoms with van der Waals surface area (Å²) in [6, 6.07) is 0. The topological polar surface area (TPSA) is 76.0 Å². The predicted octanol–water partition coefficient (Wildman–Crippen LogP) is 1.96. The Morgan fingerprint density at radius 3 is 2.76 bits per heavy atom. The molecule has 0 atom stereocenters. The number of thiazole rings is 1. The van der Waals surface area contributed by atoms with Gasteiger partial charge in [-0.1, -0.05) is 0 Å². The average Bonchev–Trinajstić information content (AvgIpc) is 2.80. The third-order valence-electron chi connectivity index (χ3n) is 2.46. The monoisotopic (exact) mass is 249 g/mol. The first kappa shape index (κ1) is 11.7.